The van der Waals surface area contributed by atoms with Crippen molar-refractivity contribution in [3.05, 3.63) is 223 Å². The molecule has 336 valence electrons. The van der Waals surface area contributed by atoms with E-state index in [1.165, 1.54) is 0 Å². The summed E-state index contributed by atoms with van der Waals surface area (Å²) in [7, 11) is 0. The molecule has 16 rings (SSSR count). The number of hydrogen-bond acceptors (Lipinski definition) is 4. The molecule has 0 unspecified atom stereocenters. The molecule has 0 atom stereocenters. The van der Waals surface area contributed by atoms with Crippen LogP contribution < -0.4 is 0 Å². The molecule has 7 heteroatoms. The quantitative estimate of drug-likeness (QED) is 0.176. The van der Waals surface area contributed by atoms with E-state index in [4.69, 9.17) is 8.83 Å². The van der Waals surface area contributed by atoms with Crippen LogP contribution in [0, 0.1) is 22.7 Å². The number of rotatable bonds is 4. The zero-order valence-corrected chi connectivity index (χ0v) is 38.8. The molecule has 7 nitrogen and oxygen atoms in total. The van der Waals surface area contributed by atoms with Crippen LogP contribution in [-0.4, -0.2) is 13.7 Å². The molecular formula is C66H35N5O2. The molecule has 0 spiro atoms. The third-order valence-electron chi connectivity index (χ3n) is 15.3. The number of nitrogens with zero attached hydrogens (tertiary/aromatic N) is 5. The summed E-state index contributed by atoms with van der Waals surface area (Å²) in [6, 6.07) is 78.9. The lowest BCUT2D eigenvalue weighted by molar-refractivity contribution is 0.668. The molecule has 0 bridgehead atoms. The maximum atomic E-state index is 12.5. The number of furan rings is 2. The van der Waals surface area contributed by atoms with Crippen LogP contribution in [0.2, 0.25) is 0 Å². The Morgan fingerprint density at radius 1 is 0.301 bits per heavy atom. The highest BCUT2D eigenvalue weighted by atomic mass is 16.3. The lowest BCUT2D eigenvalue weighted by atomic mass is 9.91. The van der Waals surface area contributed by atoms with Crippen LogP contribution in [0.3, 0.4) is 0 Å². The monoisotopic (exact) mass is 929 g/mol. The molecule has 16 aromatic rings. The van der Waals surface area contributed by atoms with Gasteiger partial charge in [0.2, 0.25) is 0 Å². The molecule has 11 aromatic carbocycles. The van der Waals surface area contributed by atoms with E-state index < -0.39 is 0 Å². The highest BCUT2D eigenvalue weighted by Gasteiger charge is 2.34. The average Bonchev–Trinajstić information content (AvgIpc) is 4.25. The van der Waals surface area contributed by atoms with E-state index in [0.717, 1.165) is 131 Å². The first kappa shape index (κ1) is 39.5. The molecule has 0 N–H and O–H groups in total. The lowest BCUT2D eigenvalue weighted by Gasteiger charge is -2.26. The maximum absolute atomic E-state index is 12.5. The lowest BCUT2D eigenvalue weighted by Crippen LogP contribution is -2.14. The molecule has 0 aliphatic rings. The van der Waals surface area contributed by atoms with Crippen LogP contribution >= 0.6 is 0 Å². The zero-order valence-electron chi connectivity index (χ0n) is 38.8. The van der Waals surface area contributed by atoms with Crippen molar-refractivity contribution >= 4 is 120 Å². The minimum absolute atomic E-state index is 0.351. The standard InChI is InChI=1S/C66H35N5O2/c67-36-49-64(71-55-30-32-60-63(46-22-8-14-28-58(46)73-60)62(55)48-33-38-15-1-2-16-39(38)35-56(48)71)50(37-68)66(70-53-25-11-5-19-43(53)44-20-6-12-26-54(44)70)61(40-29-31-59-47(34-40)45-21-7-13-27-57(45)72-59)65(49)69-51-23-9-3-17-41(51)42-18-4-10-24-52(42)69/h1-35H. The van der Waals surface area contributed by atoms with Crippen LogP contribution in [0.15, 0.2) is 221 Å². The van der Waals surface area contributed by atoms with Crippen molar-refractivity contribution in [2.45, 2.75) is 0 Å². The first-order chi connectivity index (χ1) is 36.2. The van der Waals surface area contributed by atoms with Gasteiger partial charge in [-0.1, -0.05) is 140 Å². The van der Waals surface area contributed by atoms with Crippen molar-refractivity contribution < 1.29 is 8.83 Å². The number of aromatic nitrogens is 3. The third-order valence-corrected chi connectivity index (χ3v) is 15.3. The van der Waals surface area contributed by atoms with Crippen molar-refractivity contribution in [1.82, 2.24) is 13.7 Å². The highest BCUT2D eigenvalue weighted by molar-refractivity contribution is 6.29. The summed E-state index contributed by atoms with van der Waals surface area (Å²) in [6.07, 6.45) is 0. The van der Waals surface area contributed by atoms with Crippen molar-refractivity contribution in [2.75, 3.05) is 0 Å². The van der Waals surface area contributed by atoms with Gasteiger partial charge in [0.15, 0.2) is 0 Å². The van der Waals surface area contributed by atoms with Crippen LogP contribution in [0.25, 0.3) is 148 Å². The summed E-state index contributed by atoms with van der Waals surface area (Å²) in [4.78, 5) is 0. The van der Waals surface area contributed by atoms with E-state index in [0.29, 0.717) is 28.2 Å². The Hall–Kier alpha value is -10.3. The summed E-state index contributed by atoms with van der Waals surface area (Å²) < 4.78 is 19.8. The SMILES string of the molecule is N#Cc1c(-n2c3ccccc3c3ccccc32)c(-c2ccc3oc4ccccc4c3c2)c(-n2c3ccccc3c3ccccc32)c(C#N)c1-n1c2cc3ccccc3cc2c2c3c(ccc21)oc1ccccc13. The van der Waals surface area contributed by atoms with Gasteiger partial charge >= 0.3 is 0 Å². The van der Waals surface area contributed by atoms with Crippen LogP contribution in [-0.2, 0) is 0 Å². The Kier molecular flexibility index (Phi) is 7.90. The van der Waals surface area contributed by atoms with Crippen molar-refractivity contribution in [3.63, 3.8) is 0 Å². The summed E-state index contributed by atoms with van der Waals surface area (Å²) in [5.41, 5.74) is 12.6. The fourth-order valence-electron chi connectivity index (χ4n) is 12.3. The van der Waals surface area contributed by atoms with Gasteiger partial charge in [-0.2, -0.15) is 10.5 Å². The smallest absolute Gasteiger partial charge is 0.136 e. The van der Waals surface area contributed by atoms with E-state index in [9.17, 15) is 10.5 Å². The molecule has 0 aliphatic carbocycles. The summed E-state index contributed by atoms with van der Waals surface area (Å²) in [6.45, 7) is 0. The predicted molar refractivity (Wildman–Crippen MR) is 296 cm³/mol. The highest BCUT2D eigenvalue weighted by Crippen LogP contribution is 2.51. The van der Waals surface area contributed by atoms with Gasteiger partial charge in [0.1, 0.15) is 45.6 Å². The molecule has 0 saturated heterocycles. The largest absolute Gasteiger partial charge is 0.456 e. The molecule has 73 heavy (non-hydrogen) atoms. The van der Waals surface area contributed by atoms with E-state index in [-0.39, 0.29) is 0 Å². The summed E-state index contributed by atoms with van der Waals surface area (Å²) in [5, 5.41) is 37.0. The number of para-hydroxylation sites is 6. The first-order valence-electron chi connectivity index (χ1n) is 24.4. The minimum Gasteiger partial charge on any atom is -0.456 e. The van der Waals surface area contributed by atoms with Gasteiger partial charge in [-0.15, -0.1) is 0 Å². The Morgan fingerprint density at radius 3 is 1.32 bits per heavy atom. The predicted octanol–water partition coefficient (Wildman–Crippen LogP) is 17.3. The van der Waals surface area contributed by atoms with Crippen molar-refractivity contribution in [2.24, 2.45) is 0 Å². The third kappa shape index (κ3) is 5.24. The normalized spacial score (nSPS) is 12.1. The average molecular weight is 930 g/mol. The summed E-state index contributed by atoms with van der Waals surface area (Å²) >= 11 is 0. The first-order valence-corrected chi connectivity index (χ1v) is 24.4. The van der Waals surface area contributed by atoms with Crippen molar-refractivity contribution in [1.29, 1.82) is 10.5 Å². The molecule has 0 saturated carbocycles. The van der Waals surface area contributed by atoms with Gasteiger partial charge in [0, 0.05) is 59.4 Å². The van der Waals surface area contributed by atoms with Crippen LogP contribution in [0.1, 0.15) is 11.1 Å². The van der Waals surface area contributed by atoms with Crippen molar-refractivity contribution in [3.8, 4) is 40.3 Å². The summed E-state index contributed by atoms with van der Waals surface area (Å²) in [5.74, 6) is 0. The molecule has 0 fully saturated rings. The van der Waals surface area contributed by atoms with E-state index >= 15 is 0 Å². The minimum atomic E-state index is 0.351. The second-order valence-electron chi connectivity index (χ2n) is 18.9. The number of nitriles is 2. The number of hydrogen-bond donors (Lipinski definition) is 0. The number of benzene rings is 11. The van der Waals surface area contributed by atoms with Gasteiger partial charge in [-0.25, -0.2) is 0 Å². The van der Waals surface area contributed by atoms with Crippen LogP contribution in [0.5, 0.6) is 0 Å². The maximum Gasteiger partial charge on any atom is 0.136 e. The molecule has 0 aliphatic heterocycles. The van der Waals surface area contributed by atoms with Gasteiger partial charge in [-0.05, 0) is 89.1 Å². The zero-order chi connectivity index (χ0) is 48.1. The molecule has 0 radical (unpaired) electrons. The second kappa shape index (κ2) is 14.6. The molecule has 0 amide bonds. The Morgan fingerprint density at radius 2 is 0.740 bits per heavy atom. The van der Waals surface area contributed by atoms with E-state index in [1.54, 1.807) is 0 Å². The van der Waals surface area contributed by atoms with Gasteiger partial charge in [0.25, 0.3) is 0 Å². The van der Waals surface area contributed by atoms with Gasteiger partial charge in [0.05, 0.1) is 50.2 Å². The Bertz CT molecular complexity index is 4940. The Labute approximate surface area is 415 Å². The fourth-order valence-corrected chi connectivity index (χ4v) is 12.3. The fraction of sp³-hybridized carbons (Fsp3) is 0. The van der Waals surface area contributed by atoms with Crippen LogP contribution in [0.4, 0.5) is 0 Å². The molecular weight excluding hydrogens is 895 g/mol. The number of fused-ring (bicyclic) bond motifs is 17. The van der Waals surface area contributed by atoms with Gasteiger partial charge < -0.3 is 22.5 Å². The Balaban J connectivity index is 1.21. The van der Waals surface area contributed by atoms with Gasteiger partial charge in [-0.3, -0.25) is 0 Å². The van der Waals surface area contributed by atoms with E-state index in [2.05, 4.69) is 190 Å². The van der Waals surface area contributed by atoms with E-state index in [1.807, 2.05) is 48.5 Å². The topological polar surface area (TPSA) is 88.6 Å². The molecule has 5 heterocycles. The second-order valence-corrected chi connectivity index (χ2v) is 18.9. The molecule has 5 aromatic heterocycles.